The van der Waals surface area contributed by atoms with Gasteiger partial charge in [0.25, 0.3) is 0 Å². The Kier molecular flexibility index (Phi) is 5.41. The SMILES string of the molecule is CCN(CC)CCC(CC1Cc2ccccc21)NC. The Labute approximate surface area is 118 Å². The Balaban J connectivity index is 1.81. The van der Waals surface area contributed by atoms with Gasteiger partial charge in [0.15, 0.2) is 0 Å². The van der Waals surface area contributed by atoms with E-state index in [1.807, 2.05) is 0 Å². The lowest BCUT2D eigenvalue weighted by molar-refractivity contribution is 0.275. The molecule has 1 aliphatic rings. The van der Waals surface area contributed by atoms with Crippen LogP contribution in [0.2, 0.25) is 0 Å². The molecule has 0 fully saturated rings. The predicted octanol–water partition coefficient (Wildman–Crippen LogP) is 3.04. The molecular formula is C17H28N2. The van der Waals surface area contributed by atoms with Crippen molar-refractivity contribution in [3.63, 3.8) is 0 Å². The lowest BCUT2D eigenvalue weighted by Crippen LogP contribution is -2.35. The Morgan fingerprint density at radius 3 is 2.63 bits per heavy atom. The summed E-state index contributed by atoms with van der Waals surface area (Å²) in [6.07, 6.45) is 3.82. The number of hydrogen-bond donors (Lipinski definition) is 1. The van der Waals surface area contributed by atoms with Gasteiger partial charge in [-0.25, -0.2) is 0 Å². The van der Waals surface area contributed by atoms with Gasteiger partial charge in [-0.1, -0.05) is 38.1 Å². The first-order chi connectivity index (χ1) is 9.28. The van der Waals surface area contributed by atoms with Crippen molar-refractivity contribution in [2.45, 2.75) is 45.1 Å². The first kappa shape index (κ1) is 14.5. The number of benzene rings is 1. The minimum atomic E-state index is 0.652. The van der Waals surface area contributed by atoms with E-state index < -0.39 is 0 Å². The summed E-state index contributed by atoms with van der Waals surface area (Å²) in [6, 6.07) is 9.57. The van der Waals surface area contributed by atoms with Crippen LogP contribution in [0.5, 0.6) is 0 Å². The van der Waals surface area contributed by atoms with Gasteiger partial charge in [-0.15, -0.1) is 0 Å². The van der Waals surface area contributed by atoms with Crippen molar-refractivity contribution in [1.82, 2.24) is 10.2 Å². The Bertz CT molecular complexity index is 385. The fourth-order valence-corrected chi connectivity index (χ4v) is 3.17. The maximum absolute atomic E-state index is 3.51. The number of fused-ring (bicyclic) bond motifs is 1. The zero-order chi connectivity index (χ0) is 13.7. The molecular weight excluding hydrogens is 232 g/mol. The van der Waals surface area contributed by atoms with Gasteiger partial charge < -0.3 is 10.2 Å². The highest BCUT2D eigenvalue weighted by atomic mass is 15.1. The van der Waals surface area contributed by atoms with Crippen molar-refractivity contribution < 1.29 is 0 Å². The summed E-state index contributed by atoms with van der Waals surface area (Å²) in [5.41, 5.74) is 3.15. The molecule has 0 amide bonds. The van der Waals surface area contributed by atoms with Crippen LogP contribution in [0, 0.1) is 0 Å². The van der Waals surface area contributed by atoms with E-state index in [1.54, 1.807) is 11.1 Å². The summed E-state index contributed by atoms with van der Waals surface area (Å²) in [4.78, 5) is 2.51. The molecule has 1 aromatic rings. The van der Waals surface area contributed by atoms with Crippen LogP contribution in [0.1, 0.15) is 43.7 Å². The topological polar surface area (TPSA) is 15.3 Å². The van der Waals surface area contributed by atoms with E-state index in [1.165, 1.54) is 38.9 Å². The van der Waals surface area contributed by atoms with Crippen LogP contribution in [0.25, 0.3) is 0 Å². The van der Waals surface area contributed by atoms with Gasteiger partial charge in [-0.3, -0.25) is 0 Å². The molecule has 0 saturated carbocycles. The van der Waals surface area contributed by atoms with Crippen molar-refractivity contribution in [3.8, 4) is 0 Å². The van der Waals surface area contributed by atoms with Crippen LogP contribution in [-0.2, 0) is 6.42 Å². The molecule has 2 atom stereocenters. The average molecular weight is 260 g/mol. The summed E-state index contributed by atoms with van der Waals surface area (Å²) in [5, 5.41) is 3.51. The quantitative estimate of drug-likeness (QED) is 0.773. The normalized spacial score (nSPS) is 19.1. The molecule has 1 aliphatic carbocycles. The van der Waals surface area contributed by atoms with Gasteiger partial charge in [-0.05, 0) is 63.0 Å². The van der Waals surface area contributed by atoms with Crippen LogP contribution in [0.4, 0.5) is 0 Å². The van der Waals surface area contributed by atoms with Gasteiger partial charge >= 0.3 is 0 Å². The summed E-state index contributed by atoms with van der Waals surface area (Å²) in [7, 11) is 2.11. The molecule has 0 spiro atoms. The fourth-order valence-electron chi connectivity index (χ4n) is 3.17. The van der Waals surface area contributed by atoms with Gasteiger partial charge in [-0.2, -0.15) is 0 Å². The highest BCUT2D eigenvalue weighted by molar-refractivity contribution is 5.39. The lowest BCUT2D eigenvalue weighted by atomic mass is 9.74. The van der Waals surface area contributed by atoms with Gasteiger partial charge in [0.2, 0.25) is 0 Å². The summed E-state index contributed by atoms with van der Waals surface area (Å²) in [6.45, 7) is 8.05. The molecule has 2 nitrogen and oxygen atoms in total. The smallest absolute Gasteiger partial charge is 0.00821 e. The number of rotatable bonds is 8. The minimum absolute atomic E-state index is 0.652. The second-order valence-electron chi connectivity index (χ2n) is 5.64. The van der Waals surface area contributed by atoms with E-state index in [-0.39, 0.29) is 0 Å². The van der Waals surface area contributed by atoms with E-state index in [4.69, 9.17) is 0 Å². The molecule has 0 heterocycles. The second-order valence-corrected chi connectivity index (χ2v) is 5.64. The van der Waals surface area contributed by atoms with Crippen LogP contribution in [-0.4, -0.2) is 37.6 Å². The zero-order valence-corrected chi connectivity index (χ0v) is 12.7. The molecule has 0 radical (unpaired) electrons. The number of nitrogens with one attached hydrogen (secondary N) is 1. The van der Waals surface area contributed by atoms with Crippen molar-refractivity contribution in [1.29, 1.82) is 0 Å². The van der Waals surface area contributed by atoms with E-state index in [0.717, 1.165) is 5.92 Å². The third kappa shape index (κ3) is 3.58. The van der Waals surface area contributed by atoms with Crippen molar-refractivity contribution in [2.24, 2.45) is 0 Å². The molecule has 2 rings (SSSR count). The molecule has 106 valence electrons. The molecule has 0 bridgehead atoms. The Morgan fingerprint density at radius 2 is 2.00 bits per heavy atom. The summed E-state index contributed by atoms with van der Waals surface area (Å²) >= 11 is 0. The predicted molar refractivity (Wildman–Crippen MR) is 82.8 cm³/mol. The first-order valence-electron chi connectivity index (χ1n) is 7.75. The maximum Gasteiger partial charge on any atom is 0.00821 e. The molecule has 1 aromatic carbocycles. The molecule has 2 heteroatoms. The van der Waals surface area contributed by atoms with E-state index in [9.17, 15) is 0 Å². The third-order valence-electron chi connectivity index (χ3n) is 4.63. The lowest BCUT2D eigenvalue weighted by Gasteiger charge is -2.33. The average Bonchev–Trinajstić information content (AvgIpc) is 2.43. The van der Waals surface area contributed by atoms with Crippen LogP contribution < -0.4 is 5.32 Å². The molecule has 0 aromatic heterocycles. The largest absolute Gasteiger partial charge is 0.317 e. The maximum atomic E-state index is 3.51. The minimum Gasteiger partial charge on any atom is -0.317 e. The Morgan fingerprint density at radius 1 is 1.26 bits per heavy atom. The monoisotopic (exact) mass is 260 g/mol. The van der Waals surface area contributed by atoms with E-state index in [0.29, 0.717) is 6.04 Å². The van der Waals surface area contributed by atoms with Crippen molar-refractivity contribution in [3.05, 3.63) is 35.4 Å². The summed E-state index contributed by atoms with van der Waals surface area (Å²) < 4.78 is 0. The highest BCUT2D eigenvalue weighted by Gasteiger charge is 2.27. The molecule has 2 unspecified atom stereocenters. The van der Waals surface area contributed by atoms with Crippen molar-refractivity contribution >= 4 is 0 Å². The molecule has 19 heavy (non-hydrogen) atoms. The summed E-state index contributed by atoms with van der Waals surface area (Å²) in [5.74, 6) is 0.783. The first-order valence-corrected chi connectivity index (χ1v) is 7.75. The van der Waals surface area contributed by atoms with Gasteiger partial charge in [0.1, 0.15) is 0 Å². The standard InChI is InChI=1S/C17H28N2/c1-4-19(5-2)11-10-16(18-3)13-15-12-14-8-6-7-9-17(14)15/h6-9,15-16,18H,4-5,10-13H2,1-3H3. The van der Waals surface area contributed by atoms with Crippen molar-refractivity contribution in [2.75, 3.05) is 26.7 Å². The second kappa shape index (κ2) is 7.06. The fraction of sp³-hybridized carbons (Fsp3) is 0.647. The highest BCUT2D eigenvalue weighted by Crippen LogP contribution is 2.38. The van der Waals surface area contributed by atoms with E-state index >= 15 is 0 Å². The van der Waals surface area contributed by atoms with Crippen LogP contribution in [0.3, 0.4) is 0 Å². The third-order valence-corrected chi connectivity index (χ3v) is 4.63. The van der Waals surface area contributed by atoms with Gasteiger partial charge in [0.05, 0.1) is 0 Å². The van der Waals surface area contributed by atoms with E-state index in [2.05, 4.69) is 55.4 Å². The Hall–Kier alpha value is -0.860. The molecule has 0 aliphatic heterocycles. The van der Waals surface area contributed by atoms with Crippen LogP contribution >= 0.6 is 0 Å². The molecule has 1 N–H and O–H groups in total. The number of nitrogens with zero attached hydrogens (tertiary/aromatic N) is 1. The van der Waals surface area contributed by atoms with Crippen LogP contribution in [0.15, 0.2) is 24.3 Å². The number of hydrogen-bond acceptors (Lipinski definition) is 2. The zero-order valence-electron chi connectivity index (χ0n) is 12.7. The van der Waals surface area contributed by atoms with Gasteiger partial charge in [0, 0.05) is 6.04 Å². The molecule has 0 saturated heterocycles.